The minimum Gasteiger partial charge on any atom is -0.463 e. The summed E-state index contributed by atoms with van der Waals surface area (Å²) in [4.78, 5) is 12.4. The summed E-state index contributed by atoms with van der Waals surface area (Å²) in [5.41, 5.74) is 2.47. The van der Waals surface area contributed by atoms with Gasteiger partial charge in [-0.2, -0.15) is 10.2 Å². The SMILES string of the molecule is Cc1nn(C)cc1CC(=O)Nc1cc(-c2ccco2)nn1C(C)C. The van der Waals surface area contributed by atoms with Crippen LogP contribution in [0.25, 0.3) is 11.5 Å². The quantitative estimate of drug-likeness (QED) is 0.781. The largest absolute Gasteiger partial charge is 0.463 e. The van der Waals surface area contributed by atoms with E-state index in [2.05, 4.69) is 15.5 Å². The molecule has 126 valence electrons. The van der Waals surface area contributed by atoms with E-state index in [1.54, 1.807) is 15.6 Å². The van der Waals surface area contributed by atoms with Crippen LogP contribution >= 0.6 is 0 Å². The molecule has 1 amide bonds. The number of hydrogen-bond acceptors (Lipinski definition) is 4. The van der Waals surface area contributed by atoms with Gasteiger partial charge in [-0.3, -0.25) is 9.48 Å². The molecular formula is C17H21N5O2. The van der Waals surface area contributed by atoms with Gasteiger partial charge in [-0.05, 0) is 32.9 Å². The number of carbonyl (C=O) groups is 1. The van der Waals surface area contributed by atoms with Crippen molar-refractivity contribution >= 4 is 11.7 Å². The van der Waals surface area contributed by atoms with Gasteiger partial charge in [-0.15, -0.1) is 0 Å². The molecule has 0 saturated carbocycles. The van der Waals surface area contributed by atoms with Gasteiger partial charge < -0.3 is 9.73 Å². The lowest BCUT2D eigenvalue weighted by molar-refractivity contribution is -0.115. The van der Waals surface area contributed by atoms with Gasteiger partial charge in [0.25, 0.3) is 0 Å². The highest BCUT2D eigenvalue weighted by Gasteiger charge is 2.16. The Bertz CT molecular complexity index is 843. The highest BCUT2D eigenvalue weighted by Crippen LogP contribution is 2.25. The normalized spacial score (nSPS) is 11.2. The predicted octanol–water partition coefficient (Wildman–Crippen LogP) is 2.95. The average Bonchev–Trinajstić information content (AvgIpc) is 3.19. The third kappa shape index (κ3) is 3.24. The van der Waals surface area contributed by atoms with E-state index in [-0.39, 0.29) is 18.4 Å². The van der Waals surface area contributed by atoms with Gasteiger partial charge in [0.15, 0.2) is 5.76 Å². The minimum absolute atomic E-state index is 0.0982. The van der Waals surface area contributed by atoms with Crippen LogP contribution in [0.1, 0.15) is 31.1 Å². The molecule has 3 heterocycles. The van der Waals surface area contributed by atoms with Gasteiger partial charge in [-0.25, -0.2) is 4.68 Å². The van der Waals surface area contributed by atoms with Crippen molar-refractivity contribution in [1.82, 2.24) is 19.6 Å². The third-order valence-corrected chi connectivity index (χ3v) is 3.73. The van der Waals surface area contributed by atoms with E-state index in [9.17, 15) is 4.79 Å². The molecule has 1 N–H and O–H groups in total. The van der Waals surface area contributed by atoms with Crippen molar-refractivity contribution in [2.75, 3.05) is 5.32 Å². The Morgan fingerprint density at radius 1 is 1.38 bits per heavy atom. The molecule has 0 bridgehead atoms. The first-order chi connectivity index (χ1) is 11.4. The van der Waals surface area contributed by atoms with Crippen LogP contribution in [0.3, 0.4) is 0 Å². The zero-order chi connectivity index (χ0) is 17.3. The van der Waals surface area contributed by atoms with E-state index in [0.29, 0.717) is 17.3 Å². The number of anilines is 1. The topological polar surface area (TPSA) is 77.9 Å². The summed E-state index contributed by atoms with van der Waals surface area (Å²) in [7, 11) is 1.85. The number of nitrogens with zero attached hydrogens (tertiary/aromatic N) is 4. The first-order valence-corrected chi connectivity index (χ1v) is 7.86. The van der Waals surface area contributed by atoms with E-state index >= 15 is 0 Å². The van der Waals surface area contributed by atoms with E-state index in [4.69, 9.17) is 4.42 Å². The van der Waals surface area contributed by atoms with Crippen molar-refractivity contribution in [2.24, 2.45) is 7.05 Å². The maximum absolute atomic E-state index is 12.4. The van der Waals surface area contributed by atoms with Gasteiger partial charge in [0.1, 0.15) is 11.5 Å². The van der Waals surface area contributed by atoms with Crippen LogP contribution < -0.4 is 5.32 Å². The van der Waals surface area contributed by atoms with E-state index in [1.807, 2.05) is 52.2 Å². The number of amides is 1. The van der Waals surface area contributed by atoms with Gasteiger partial charge >= 0.3 is 0 Å². The molecule has 24 heavy (non-hydrogen) atoms. The second kappa shape index (κ2) is 6.35. The van der Waals surface area contributed by atoms with Crippen molar-refractivity contribution in [1.29, 1.82) is 0 Å². The van der Waals surface area contributed by atoms with Gasteiger partial charge in [0.2, 0.25) is 5.91 Å². The van der Waals surface area contributed by atoms with Crippen LogP contribution in [0.5, 0.6) is 0 Å². The fraction of sp³-hybridized carbons (Fsp3) is 0.353. The minimum atomic E-state index is -0.0982. The Balaban J connectivity index is 1.81. The van der Waals surface area contributed by atoms with Crippen molar-refractivity contribution < 1.29 is 9.21 Å². The van der Waals surface area contributed by atoms with E-state index in [0.717, 1.165) is 11.3 Å². The highest BCUT2D eigenvalue weighted by atomic mass is 16.3. The fourth-order valence-electron chi connectivity index (χ4n) is 2.61. The van der Waals surface area contributed by atoms with Crippen LogP contribution in [0.15, 0.2) is 35.1 Å². The van der Waals surface area contributed by atoms with Crippen LogP contribution in [0.2, 0.25) is 0 Å². The molecule has 0 spiro atoms. The number of aromatic nitrogens is 4. The number of furan rings is 1. The Morgan fingerprint density at radius 2 is 2.17 bits per heavy atom. The molecular weight excluding hydrogens is 306 g/mol. The lowest BCUT2D eigenvalue weighted by Gasteiger charge is -2.11. The standard InChI is InChI=1S/C17H21N5O2/c1-11(2)22-16(9-14(20-22)15-6-5-7-24-15)18-17(23)8-13-10-21(4)19-12(13)3/h5-7,9-11H,8H2,1-4H3,(H,18,23). The van der Waals surface area contributed by atoms with E-state index < -0.39 is 0 Å². The summed E-state index contributed by atoms with van der Waals surface area (Å²) in [6, 6.07) is 5.60. The molecule has 0 unspecified atom stereocenters. The highest BCUT2D eigenvalue weighted by molar-refractivity contribution is 5.92. The second-order valence-electron chi connectivity index (χ2n) is 6.07. The summed E-state index contributed by atoms with van der Waals surface area (Å²) in [5.74, 6) is 1.23. The van der Waals surface area contributed by atoms with Crippen molar-refractivity contribution in [3.63, 3.8) is 0 Å². The molecule has 3 aromatic rings. The van der Waals surface area contributed by atoms with Crippen molar-refractivity contribution in [2.45, 2.75) is 33.2 Å². The molecule has 0 fully saturated rings. The molecule has 7 nitrogen and oxygen atoms in total. The van der Waals surface area contributed by atoms with Gasteiger partial charge in [-0.1, -0.05) is 0 Å². The average molecular weight is 327 g/mol. The first-order valence-electron chi connectivity index (χ1n) is 7.86. The first kappa shape index (κ1) is 16.0. The number of aryl methyl sites for hydroxylation is 2. The van der Waals surface area contributed by atoms with Gasteiger partial charge in [0, 0.05) is 30.9 Å². The number of hydrogen-bond donors (Lipinski definition) is 1. The Hall–Kier alpha value is -2.83. The molecule has 0 aliphatic heterocycles. The zero-order valence-corrected chi connectivity index (χ0v) is 14.3. The summed E-state index contributed by atoms with van der Waals surface area (Å²) < 4.78 is 8.88. The fourth-order valence-corrected chi connectivity index (χ4v) is 2.61. The van der Waals surface area contributed by atoms with Crippen LogP contribution in [0, 0.1) is 6.92 Å². The Labute approximate surface area is 140 Å². The van der Waals surface area contributed by atoms with E-state index in [1.165, 1.54) is 0 Å². The molecule has 0 atom stereocenters. The molecule has 7 heteroatoms. The summed E-state index contributed by atoms with van der Waals surface area (Å²) >= 11 is 0. The monoisotopic (exact) mass is 327 g/mol. The zero-order valence-electron chi connectivity index (χ0n) is 14.3. The third-order valence-electron chi connectivity index (χ3n) is 3.73. The van der Waals surface area contributed by atoms with Crippen molar-refractivity contribution in [3.8, 4) is 11.5 Å². The molecule has 3 rings (SSSR count). The lowest BCUT2D eigenvalue weighted by atomic mass is 10.2. The van der Waals surface area contributed by atoms with Gasteiger partial charge in [0.05, 0.1) is 18.4 Å². The molecule has 0 aromatic carbocycles. The molecule has 0 aliphatic carbocycles. The molecule has 0 aliphatic rings. The summed E-state index contributed by atoms with van der Waals surface area (Å²) in [6.45, 7) is 5.93. The van der Waals surface area contributed by atoms with Crippen LogP contribution in [0.4, 0.5) is 5.82 Å². The Morgan fingerprint density at radius 3 is 2.75 bits per heavy atom. The van der Waals surface area contributed by atoms with Crippen molar-refractivity contribution in [3.05, 3.63) is 41.9 Å². The second-order valence-corrected chi connectivity index (χ2v) is 6.07. The molecule has 0 radical (unpaired) electrons. The maximum atomic E-state index is 12.4. The number of rotatable bonds is 5. The smallest absolute Gasteiger partial charge is 0.230 e. The maximum Gasteiger partial charge on any atom is 0.230 e. The summed E-state index contributed by atoms with van der Waals surface area (Å²) in [5, 5.41) is 11.7. The molecule has 0 saturated heterocycles. The summed E-state index contributed by atoms with van der Waals surface area (Å²) in [6.07, 6.45) is 3.75. The van der Waals surface area contributed by atoms with Crippen LogP contribution in [-0.4, -0.2) is 25.5 Å². The lowest BCUT2D eigenvalue weighted by Crippen LogP contribution is -2.18. The Kier molecular flexibility index (Phi) is 4.24. The number of carbonyl (C=O) groups excluding carboxylic acids is 1. The number of nitrogens with one attached hydrogen (secondary N) is 1. The van der Waals surface area contributed by atoms with Crippen LogP contribution in [-0.2, 0) is 18.3 Å². The predicted molar refractivity (Wildman–Crippen MR) is 90.6 cm³/mol. The molecule has 3 aromatic heterocycles.